The summed E-state index contributed by atoms with van der Waals surface area (Å²) in [5.74, 6) is 1.09. The van der Waals surface area contributed by atoms with Gasteiger partial charge in [-0.25, -0.2) is 5.43 Å². The first-order valence-electron chi connectivity index (χ1n) is 7.60. The predicted molar refractivity (Wildman–Crippen MR) is 92.9 cm³/mol. The fraction of sp³-hybridized carbons (Fsp3) is 0.222. The summed E-state index contributed by atoms with van der Waals surface area (Å²) in [5, 5.41) is 4.84. The Kier molecular flexibility index (Phi) is 5.01. The van der Waals surface area contributed by atoms with Crippen molar-refractivity contribution in [3.63, 3.8) is 0 Å². The summed E-state index contributed by atoms with van der Waals surface area (Å²) >= 11 is 5.89. The number of hydrogen-bond acceptors (Lipinski definition) is 4. The van der Waals surface area contributed by atoms with Crippen molar-refractivity contribution in [1.29, 1.82) is 0 Å². The third-order valence-electron chi connectivity index (χ3n) is 3.61. The lowest BCUT2D eigenvalue weighted by Crippen LogP contribution is -2.27. The first-order chi connectivity index (χ1) is 11.6. The second-order valence-corrected chi connectivity index (χ2v) is 5.82. The Labute approximate surface area is 145 Å². The van der Waals surface area contributed by atoms with Crippen LogP contribution in [0.5, 0.6) is 11.5 Å². The van der Waals surface area contributed by atoms with Crippen molar-refractivity contribution >= 4 is 23.2 Å². The van der Waals surface area contributed by atoms with Crippen molar-refractivity contribution in [3.8, 4) is 11.5 Å². The van der Waals surface area contributed by atoms with Crippen LogP contribution in [0.25, 0.3) is 0 Å². The Morgan fingerprint density at radius 2 is 2.17 bits per heavy atom. The zero-order valence-electron chi connectivity index (χ0n) is 13.2. The van der Waals surface area contributed by atoms with Crippen molar-refractivity contribution in [3.05, 3.63) is 58.6 Å². The Morgan fingerprint density at radius 3 is 3.00 bits per heavy atom. The molecular formula is C18H17ClN2O3. The van der Waals surface area contributed by atoms with Gasteiger partial charge in [0, 0.05) is 17.0 Å². The van der Waals surface area contributed by atoms with Crippen molar-refractivity contribution < 1.29 is 14.3 Å². The van der Waals surface area contributed by atoms with Gasteiger partial charge in [0.25, 0.3) is 5.91 Å². The van der Waals surface area contributed by atoms with E-state index in [4.69, 9.17) is 21.1 Å². The number of nitrogens with one attached hydrogen (secondary N) is 1. The van der Waals surface area contributed by atoms with Crippen LogP contribution in [0.3, 0.4) is 0 Å². The molecule has 0 aliphatic carbocycles. The molecule has 0 atom stereocenters. The van der Waals surface area contributed by atoms with Gasteiger partial charge in [0.1, 0.15) is 11.5 Å². The minimum atomic E-state index is -0.319. The van der Waals surface area contributed by atoms with Gasteiger partial charge in [-0.3, -0.25) is 4.79 Å². The molecule has 1 N–H and O–H groups in total. The lowest BCUT2D eigenvalue weighted by Gasteiger charge is -2.18. The summed E-state index contributed by atoms with van der Waals surface area (Å²) in [6, 6.07) is 12.9. The number of aryl methyl sites for hydroxylation is 1. The molecule has 0 saturated heterocycles. The zero-order valence-corrected chi connectivity index (χ0v) is 14.0. The summed E-state index contributed by atoms with van der Waals surface area (Å²) in [4.78, 5) is 11.9. The second-order valence-electron chi connectivity index (χ2n) is 5.39. The van der Waals surface area contributed by atoms with E-state index in [0.717, 1.165) is 22.6 Å². The van der Waals surface area contributed by atoms with Crippen LogP contribution in [0, 0.1) is 6.92 Å². The molecule has 0 radical (unpaired) electrons. The zero-order chi connectivity index (χ0) is 16.9. The maximum Gasteiger partial charge on any atom is 0.277 e. The molecule has 0 fully saturated rings. The van der Waals surface area contributed by atoms with E-state index in [0.29, 0.717) is 23.8 Å². The molecule has 1 amide bonds. The third kappa shape index (κ3) is 3.86. The molecule has 124 valence electrons. The van der Waals surface area contributed by atoms with E-state index in [1.54, 1.807) is 18.2 Å². The van der Waals surface area contributed by atoms with Crippen molar-refractivity contribution in [2.45, 2.75) is 13.3 Å². The normalized spacial score (nSPS) is 14.7. The first-order valence-corrected chi connectivity index (χ1v) is 7.98. The molecule has 0 spiro atoms. The van der Waals surface area contributed by atoms with Crippen LogP contribution >= 0.6 is 11.6 Å². The van der Waals surface area contributed by atoms with Gasteiger partial charge in [-0.2, -0.15) is 5.10 Å². The average molecular weight is 345 g/mol. The van der Waals surface area contributed by atoms with Crippen LogP contribution < -0.4 is 14.9 Å². The van der Waals surface area contributed by atoms with Crippen LogP contribution in [0.1, 0.15) is 17.5 Å². The van der Waals surface area contributed by atoms with Crippen molar-refractivity contribution in [1.82, 2.24) is 5.43 Å². The standard InChI is InChI=1S/C18H17ClN2O3/c1-12-10-13(19)6-7-16(12)24-11-18(22)21-20-15-8-9-23-17-5-3-2-4-14(15)17/h2-7,10H,8-9,11H2,1H3,(H,21,22)/b20-15+. The molecule has 0 saturated carbocycles. The molecule has 24 heavy (non-hydrogen) atoms. The number of halogens is 1. The van der Waals surface area contributed by atoms with Crippen LogP contribution in [0.15, 0.2) is 47.6 Å². The van der Waals surface area contributed by atoms with Crippen LogP contribution in [0.2, 0.25) is 5.02 Å². The SMILES string of the molecule is Cc1cc(Cl)ccc1OCC(=O)N/N=C1\CCOc2ccccc21. The summed E-state index contributed by atoms with van der Waals surface area (Å²) in [7, 11) is 0. The van der Waals surface area contributed by atoms with E-state index >= 15 is 0 Å². The van der Waals surface area contributed by atoms with Gasteiger partial charge in [-0.15, -0.1) is 0 Å². The number of fused-ring (bicyclic) bond motifs is 1. The summed E-state index contributed by atoms with van der Waals surface area (Å²) in [6.45, 7) is 2.31. The maximum atomic E-state index is 11.9. The van der Waals surface area contributed by atoms with Crippen molar-refractivity contribution in [2.75, 3.05) is 13.2 Å². The highest BCUT2D eigenvalue weighted by molar-refractivity contribution is 6.30. The molecule has 1 heterocycles. The van der Waals surface area contributed by atoms with Gasteiger partial charge in [-0.05, 0) is 42.8 Å². The number of amides is 1. The number of carbonyl (C=O) groups excluding carboxylic acids is 1. The molecule has 3 rings (SSSR count). The highest BCUT2D eigenvalue weighted by Crippen LogP contribution is 2.24. The molecule has 5 nitrogen and oxygen atoms in total. The highest BCUT2D eigenvalue weighted by Gasteiger charge is 2.16. The van der Waals surface area contributed by atoms with E-state index in [1.807, 2.05) is 31.2 Å². The van der Waals surface area contributed by atoms with Gasteiger partial charge in [0.2, 0.25) is 0 Å². The van der Waals surface area contributed by atoms with E-state index in [-0.39, 0.29) is 12.5 Å². The van der Waals surface area contributed by atoms with Gasteiger partial charge in [0.05, 0.1) is 12.3 Å². The van der Waals surface area contributed by atoms with Crippen LogP contribution in [0.4, 0.5) is 0 Å². The third-order valence-corrected chi connectivity index (χ3v) is 3.84. The molecule has 0 unspecified atom stereocenters. The lowest BCUT2D eigenvalue weighted by atomic mass is 10.0. The van der Waals surface area contributed by atoms with Gasteiger partial charge in [0.15, 0.2) is 6.61 Å². The number of nitrogens with zero attached hydrogens (tertiary/aromatic N) is 1. The fourth-order valence-electron chi connectivity index (χ4n) is 2.42. The Balaban J connectivity index is 1.60. The lowest BCUT2D eigenvalue weighted by molar-refractivity contribution is -0.123. The maximum absolute atomic E-state index is 11.9. The molecule has 6 heteroatoms. The monoisotopic (exact) mass is 344 g/mol. The van der Waals surface area contributed by atoms with Gasteiger partial charge in [-0.1, -0.05) is 23.7 Å². The molecular weight excluding hydrogens is 328 g/mol. The Morgan fingerprint density at radius 1 is 1.33 bits per heavy atom. The second kappa shape index (κ2) is 7.36. The first kappa shape index (κ1) is 16.3. The average Bonchev–Trinajstić information content (AvgIpc) is 2.59. The number of ether oxygens (including phenoxy) is 2. The van der Waals surface area contributed by atoms with Gasteiger partial charge >= 0.3 is 0 Å². The quantitative estimate of drug-likeness (QED) is 0.865. The predicted octanol–water partition coefficient (Wildman–Crippen LogP) is 3.33. The van der Waals surface area contributed by atoms with Gasteiger partial charge < -0.3 is 9.47 Å². The number of hydrazone groups is 1. The smallest absolute Gasteiger partial charge is 0.277 e. The molecule has 1 aliphatic rings. The fourth-order valence-corrected chi connectivity index (χ4v) is 2.65. The van der Waals surface area contributed by atoms with Crippen LogP contribution in [-0.2, 0) is 4.79 Å². The number of carbonyl (C=O) groups is 1. The Bertz CT molecular complexity index is 790. The largest absolute Gasteiger partial charge is 0.492 e. The van der Waals surface area contributed by atoms with E-state index in [1.165, 1.54) is 0 Å². The summed E-state index contributed by atoms with van der Waals surface area (Å²) in [5.41, 5.74) is 5.11. The number of benzene rings is 2. The van der Waals surface area contributed by atoms with E-state index in [2.05, 4.69) is 10.5 Å². The highest BCUT2D eigenvalue weighted by atomic mass is 35.5. The number of rotatable bonds is 4. The van der Waals surface area contributed by atoms with E-state index in [9.17, 15) is 4.79 Å². The molecule has 0 aromatic heterocycles. The molecule has 1 aliphatic heterocycles. The summed E-state index contributed by atoms with van der Waals surface area (Å²) in [6.07, 6.45) is 0.647. The minimum absolute atomic E-state index is 0.114. The minimum Gasteiger partial charge on any atom is -0.492 e. The topological polar surface area (TPSA) is 59.9 Å². The van der Waals surface area contributed by atoms with Crippen molar-refractivity contribution in [2.24, 2.45) is 5.10 Å². The van der Waals surface area contributed by atoms with E-state index < -0.39 is 0 Å². The summed E-state index contributed by atoms with van der Waals surface area (Å²) < 4.78 is 11.1. The number of hydrogen-bond donors (Lipinski definition) is 1. The molecule has 2 aromatic carbocycles. The number of para-hydroxylation sites is 1. The molecule has 0 bridgehead atoms. The molecule has 2 aromatic rings. The van der Waals surface area contributed by atoms with Crippen LogP contribution in [-0.4, -0.2) is 24.8 Å². The Hall–Kier alpha value is -2.53.